The van der Waals surface area contributed by atoms with Crippen LogP contribution in [0.5, 0.6) is 0 Å². The number of H-pyrrole nitrogens is 1. The van der Waals surface area contributed by atoms with Crippen LogP contribution in [0.4, 0.5) is 0 Å². The Hall–Kier alpha value is -2.40. The molecule has 0 amide bonds. The number of hydrogen-bond donors (Lipinski definition) is 1. The summed E-state index contributed by atoms with van der Waals surface area (Å²) >= 11 is 0. The number of aromatic amines is 1. The molecule has 1 aromatic carbocycles. The van der Waals surface area contributed by atoms with E-state index in [1.54, 1.807) is 7.11 Å². The molecule has 0 saturated carbocycles. The summed E-state index contributed by atoms with van der Waals surface area (Å²) in [6, 6.07) is 8.56. The van der Waals surface area contributed by atoms with Crippen molar-refractivity contribution in [2.75, 3.05) is 7.11 Å². The predicted molar refractivity (Wildman–Crippen MR) is 122 cm³/mol. The van der Waals surface area contributed by atoms with E-state index < -0.39 is 17.7 Å². The number of nitrogens with one attached hydrogen (secondary N) is 1. The number of carbonyl (C=O) groups is 2. The lowest BCUT2D eigenvalue weighted by Gasteiger charge is -2.29. The molecular weight excluding hydrogens is 390 g/mol. The summed E-state index contributed by atoms with van der Waals surface area (Å²) in [5, 5.41) is 0. The Kier molecular flexibility index (Phi) is 6.21. The molecule has 2 atom stereocenters. The summed E-state index contributed by atoms with van der Waals surface area (Å²) in [4.78, 5) is 29.0. The number of rotatable bonds is 5. The highest BCUT2D eigenvalue weighted by Gasteiger charge is 2.34. The van der Waals surface area contributed by atoms with Crippen molar-refractivity contribution in [1.82, 2.24) is 4.98 Å². The molecule has 0 unspecified atom stereocenters. The van der Waals surface area contributed by atoms with Gasteiger partial charge in [-0.05, 0) is 62.1 Å². The summed E-state index contributed by atoms with van der Waals surface area (Å²) < 4.78 is 11.1. The van der Waals surface area contributed by atoms with Crippen LogP contribution in [0.1, 0.15) is 97.1 Å². The van der Waals surface area contributed by atoms with Crippen molar-refractivity contribution in [2.45, 2.75) is 84.3 Å². The molecular formula is C26H35NO4. The Labute approximate surface area is 185 Å². The first-order valence-corrected chi connectivity index (χ1v) is 11.0. The fourth-order valence-corrected chi connectivity index (χ4v) is 4.06. The summed E-state index contributed by atoms with van der Waals surface area (Å²) in [5.41, 5.74) is 4.42. The van der Waals surface area contributed by atoms with Crippen LogP contribution in [-0.4, -0.2) is 35.6 Å². The first kappa shape index (κ1) is 23.3. The van der Waals surface area contributed by atoms with E-state index in [1.807, 2.05) is 27.7 Å². The molecule has 0 radical (unpaired) electrons. The summed E-state index contributed by atoms with van der Waals surface area (Å²) in [6.07, 6.45) is 0.709. The number of aromatic nitrogens is 1. The molecule has 5 heteroatoms. The van der Waals surface area contributed by atoms with E-state index >= 15 is 0 Å². The topological polar surface area (TPSA) is 68.4 Å². The van der Waals surface area contributed by atoms with Gasteiger partial charge < -0.3 is 14.5 Å². The molecule has 0 saturated heterocycles. The van der Waals surface area contributed by atoms with Crippen molar-refractivity contribution in [3.63, 3.8) is 0 Å². The third-order valence-electron chi connectivity index (χ3n) is 6.73. The highest BCUT2D eigenvalue weighted by Crippen LogP contribution is 2.36. The number of ketones is 1. The number of ether oxygens (including phenoxy) is 2. The van der Waals surface area contributed by atoms with Crippen LogP contribution in [0.25, 0.3) is 0 Å². The average Bonchev–Trinajstić information content (AvgIpc) is 3.04. The molecule has 1 aliphatic carbocycles. The predicted octanol–water partition coefficient (Wildman–Crippen LogP) is 5.50. The molecule has 1 aromatic heterocycles. The smallest absolute Gasteiger partial charge is 0.355 e. The summed E-state index contributed by atoms with van der Waals surface area (Å²) in [5.74, 6) is -0.282. The van der Waals surface area contributed by atoms with Crippen molar-refractivity contribution < 1.29 is 19.1 Å². The van der Waals surface area contributed by atoms with Crippen LogP contribution in [0.2, 0.25) is 0 Å². The number of benzene rings is 1. The van der Waals surface area contributed by atoms with E-state index in [1.165, 1.54) is 5.56 Å². The minimum Gasteiger partial charge on any atom is -0.455 e. The van der Waals surface area contributed by atoms with E-state index in [9.17, 15) is 9.59 Å². The van der Waals surface area contributed by atoms with E-state index in [2.05, 4.69) is 50.0 Å². The molecule has 168 valence electrons. The van der Waals surface area contributed by atoms with Crippen molar-refractivity contribution in [2.24, 2.45) is 0 Å². The molecule has 0 spiro atoms. The van der Waals surface area contributed by atoms with Crippen LogP contribution in [0.3, 0.4) is 0 Å². The van der Waals surface area contributed by atoms with Gasteiger partial charge in [-0.25, -0.2) is 4.79 Å². The van der Waals surface area contributed by atoms with E-state index in [-0.39, 0.29) is 17.1 Å². The molecule has 1 heterocycles. The zero-order chi connectivity index (χ0) is 23.1. The maximum Gasteiger partial charge on any atom is 0.355 e. The number of esters is 1. The minimum atomic E-state index is -0.601. The lowest BCUT2D eigenvalue weighted by Crippen LogP contribution is -2.39. The van der Waals surface area contributed by atoms with Gasteiger partial charge in [-0.3, -0.25) is 4.79 Å². The van der Waals surface area contributed by atoms with Gasteiger partial charge in [0.15, 0.2) is 5.78 Å². The first-order valence-electron chi connectivity index (χ1n) is 11.0. The SMILES string of the molecule is COC(C)(C)[C@H](C)OC(=O)c1[nH]c2c(c1C)C(=O)C[C@@H](c1ccc(C(C)(C)C)cc1)C2. The van der Waals surface area contributed by atoms with E-state index in [0.717, 1.165) is 11.3 Å². The fourth-order valence-electron chi connectivity index (χ4n) is 4.06. The third kappa shape index (κ3) is 4.62. The van der Waals surface area contributed by atoms with Crippen LogP contribution in [-0.2, 0) is 21.3 Å². The number of hydrogen-bond acceptors (Lipinski definition) is 4. The van der Waals surface area contributed by atoms with Crippen molar-refractivity contribution in [1.29, 1.82) is 0 Å². The number of Topliss-reactive ketones (excluding diaryl/α,β-unsaturated/α-hetero) is 1. The molecule has 31 heavy (non-hydrogen) atoms. The van der Waals surface area contributed by atoms with Gasteiger partial charge >= 0.3 is 5.97 Å². The van der Waals surface area contributed by atoms with Crippen LogP contribution in [0, 0.1) is 6.92 Å². The zero-order valence-electron chi connectivity index (χ0n) is 20.0. The number of carbonyl (C=O) groups excluding carboxylic acids is 2. The summed E-state index contributed by atoms with van der Waals surface area (Å²) in [7, 11) is 1.59. The van der Waals surface area contributed by atoms with Gasteiger partial charge in [0.1, 0.15) is 11.8 Å². The third-order valence-corrected chi connectivity index (χ3v) is 6.73. The van der Waals surface area contributed by atoms with Gasteiger partial charge in [-0.1, -0.05) is 45.0 Å². The average molecular weight is 426 g/mol. The summed E-state index contributed by atoms with van der Waals surface area (Å²) in [6.45, 7) is 13.9. The molecule has 5 nitrogen and oxygen atoms in total. The first-order chi connectivity index (χ1) is 14.3. The molecule has 1 aliphatic rings. The second-order valence-corrected chi connectivity index (χ2v) is 10.2. The second kappa shape index (κ2) is 8.27. The number of fused-ring (bicyclic) bond motifs is 1. The maximum atomic E-state index is 13.0. The molecule has 1 N–H and O–H groups in total. The van der Waals surface area contributed by atoms with Gasteiger partial charge in [-0.2, -0.15) is 0 Å². The van der Waals surface area contributed by atoms with Crippen LogP contribution in [0.15, 0.2) is 24.3 Å². The highest BCUT2D eigenvalue weighted by atomic mass is 16.6. The van der Waals surface area contributed by atoms with Crippen LogP contribution >= 0.6 is 0 Å². The van der Waals surface area contributed by atoms with Gasteiger partial charge in [0.05, 0.1) is 5.60 Å². The second-order valence-electron chi connectivity index (χ2n) is 10.2. The Balaban J connectivity index is 1.83. The van der Waals surface area contributed by atoms with Gasteiger partial charge in [0, 0.05) is 24.8 Å². The fraction of sp³-hybridized carbons (Fsp3) is 0.538. The molecule has 2 aromatic rings. The molecule has 0 bridgehead atoms. The lowest BCUT2D eigenvalue weighted by atomic mass is 9.80. The zero-order valence-corrected chi connectivity index (χ0v) is 20.0. The Morgan fingerprint density at radius 1 is 1.10 bits per heavy atom. The maximum absolute atomic E-state index is 13.0. The normalized spacial score (nSPS) is 17.9. The lowest BCUT2D eigenvalue weighted by molar-refractivity contribution is -0.0797. The van der Waals surface area contributed by atoms with Gasteiger partial charge in [0.2, 0.25) is 0 Å². The largest absolute Gasteiger partial charge is 0.455 e. The molecule has 0 fully saturated rings. The van der Waals surface area contributed by atoms with Gasteiger partial charge in [-0.15, -0.1) is 0 Å². The monoisotopic (exact) mass is 425 g/mol. The van der Waals surface area contributed by atoms with Crippen molar-refractivity contribution in [3.8, 4) is 0 Å². The van der Waals surface area contributed by atoms with Crippen LogP contribution < -0.4 is 0 Å². The Morgan fingerprint density at radius 3 is 2.26 bits per heavy atom. The molecule has 0 aliphatic heterocycles. The van der Waals surface area contributed by atoms with E-state index in [4.69, 9.17) is 9.47 Å². The van der Waals surface area contributed by atoms with Gasteiger partial charge in [0.25, 0.3) is 0 Å². The van der Waals surface area contributed by atoms with E-state index in [0.29, 0.717) is 29.7 Å². The standard InChI is InChI=1S/C26H35NO4/c1-15-22-20(27-23(15)24(29)31-16(2)26(6,7)30-8)13-18(14-21(22)28)17-9-11-19(12-10-17)25(3,4)5/h9-12,16,18,27H,13-14H2,1-8H3/t16-,18-/m0/s1. The minimum absolute atomic E-state index is 0.0733. The molecule has 3 rings (SSSR count). The Morgan fingerprint density at radius 2 is 1.71 bits per heavy atom. The quantitative estimate of drug-likeness (QED) is 0.642. The van der Waals surface area contributed by atoms with Crippen molar-refractivity contribution >= 4 is 11.8 Å². The van der Waals surface area contributed by atoms with Crippen molar-refractivity contribution in [3.05, 3.63) is 57.9 Å². The Bertz CT molecular complexity index is 976. The highest BCUT2D eigenvalue weighted by molar-refractivity contribution is 6.03. The number of methoxy groups -OCH3 is 1.